The van der Waals surface area contributed by atoms with Crippen LogP contribution in [0, 0.1) is 0 Å². The Bertz CT molecular complexity index is 536. The standard InChI is InChI=1S/C14H23N3O2S/c1-11(2)17(10-9-15)13-5-7-14(8-6-13)20(18,19)16-12-3-4-12/h5-8,11-12,16H,3-4,9-10,15H2,1-2H3. The summed E-state index contributed by atoms with van der Waals surface area (Å²) in [5.41, 5.74) is 6.61. The number of nitrogens with two attached hydrogens (primary N) is 1. The third-order valence-corrected chi connectivity index (χ3v) is 4.91. The molecule has 1 saturated carbocycles. The highest BCUT2D eigenvalue weighted by molar-refractivity contribution is 7.89. The van der Waals surface area contributed by atoms with Crippen LogP contribution >= 0.6 is 0 Å². The lowest BCUT2D eigenvalue weighted by Crippen LogP contribution is -2.35. The van der Waals surface area contributed by atoms with Gasteiger partial charge in [0.2, 0.25) is 10.0 Å². The lowest BCUT2D eigenvalue weighted by Gasteiger charge is -2.28. The van der Waals surface area contributed by atoms with Gasteiger partial charge in [-0.3, -0.25) is 0 Å². The van der Waals surface area contributed by atoms with E-state index in [-0.39, 0.29) is 6.04 Å². The second-order valence-electron chi connectivity index (χ2n) is 5.47. The Morgan fingerprint density at radius 2 is 1.90 bits per heavy atom. The van der Waals surface area contributed by atoms with E-state index in [1.165, 1.54) is 0 Å². The highest BCUT2D eigenvalue weighted by atomic mass is 32.2. The van der Waals surface area contributed by atoms with Crippen molar-refractivity contribution in [2.45, 2.75) is 43.7 Å². The Balaban J connectivity index is 2.16. The van der Waals surface area contributed by atoms with Crippen LogP contribution in [0.2, 0.25) is 0 Å². The zero-order valence-corrected chi connectivity index (χ0v) is 12.9. The summed E-state index contributed by atoms with van der Waals surface area (Å²) in [6, 6.07) is 7.46. The Hall–Kier alpha value is -1.11. The molecule has 5 nitrogen and oxygen atoms in total. The van der Waals surface area contributed by atoms with Crippen LogP contribution in [0.3, 0.4) is 0 Å². The van der Waals surface area contributed by atoms with Crippen LogP contribution in [0.5, 0.6) is 0 Å². The van der Waals surface area contributed by atoms with Crippen molar-refractivity contribution in [1.82, 2.24) is 4.72 Å². The Labute approximate surface area is 121 Å². The summed E-state index contributed by atoms with van der Waals surface area (Å²) in [5, 5.41) is 0. The first kappa shape index (κ1) is 15.3. The highest BCUT2D eigenvalue weighted by Crippen LogP contribution is 2.24. The molecule has 1 aromatic rings. The molecule has 0 atom stereocenters. The normalized spacial score (nSPS) is 15.6. The van der Waals surface area contributed by atoms with Crippen LogP contribution in [0.15, 0.2) is 29.2 Å². The van der Waals surface area contributed by atoms with Gasteiger partial charge in [0.25, 0.3) is 0 Å². The number of hydrogen-bond acceptors (Lipinski definition) is 4. The third kappa shape index (κ3) is 3.71. The molecule has 0 unspecified atom stereocenters. The van der Waals surface area contributed by atoms with Gasteiger partial charge in [0.05, 0.1) is 4.90 Å². The van der Waals surface area contributed by atoms with Crippen LogP contribution in [0.4, 0.5) is 5.69 Å². The molecule has 0 amide bonds. The van der Waals surface area contributed by atoms with Crippen molar-refractivity contribution in [3.8, 4) is 0 Å². The largest absolute Gasteiger partial charge is 0.368 e. The van der Waals surface area contributed by atoms with Crippen LogP contribution in [-0.4, -0.2) is 33.6 Å². The fraction of sp³-hybridized carbons (Fsp3) is 0.571. The molecule has 0 aromatic heterocycles. The predicted molar refractivity (Wildman–Crippen MR) is 81.3 cm³/mol. The molecule has 1 fully saturated rings. The smallest absolute Gasteiger partial charge is 0.240 e. The van der Waals surface area contributed by atoms with Gasteiger partial charge >= 0.3 is 0 Å². The van der Waals surface area contributed by atoms with E-state index in [2.05, 4.69) is 23.5 Å². The second kappa shape index (κ2) is 6.11. The summed E-state index contributed by atoms with van der Waals surface area (Å²) in [5.74, 6) is 0. The van der Waals surface area contributed by atoms with Crippen LogP contribution in [-0.2, 0) is 10.0 Å². The number of benzene rings is 1. The molecule has 3 N–H and O–H groups in total. The van der Waals surface area contributed by atoms with Crippen molar-refractivity contribution >= 4 is 15.7 Å². The van der Waals surface area contributed by atoms with Crippen molar-refractivity contribution in [3.63, 3.8) is 0 Å². The molecule has 1 aliphatic rings. The lowest BCUT2D eigenvalue weighted by molar-refractivity contribution is 0.581. The first-order chi connectivity index (χ1) is 9.44. The summed E-state index contributed by atoms with van der Waals surface area (Å²) in [4.78, 5) is 2.48. The average molecular weight is 297 g/mol. The third-order valence-electron chi connectivity index (χ3n) is 3.37. The van der Waals surface area contributed by atoms with Crippen molar-refractivity contribution in [2.75, 3.05) is 18.0 Å². The van der Waals surface area contributed by atoms with E-state index in [4.69, 9.17) is 5.73 Å². The second-order valence-corrected chi connectivity index (χ2v) is 7.18. The first-order valence-electron chi connectivity index (χ1n) is 7.03. The van der Waals surface area contributed by atoms with E-state index in [1.807, 2.05) is 12.1 Å². The van der Waals surface area contributed by atoms with E-state index in [0.29, 0.717) is 17.5 Å². The van der Waals surface area contributed by atoms with Gasteiger partial charge < -0.3 is 10.6 Å². The molecular formula is C14H23N3O2S. The number of nitrogens with one attached hydrogen (secondary N) is 1. The molecule has 112 valence electrons. The number of hydrogen-bond donors (Lipinski definition) is 2. The molecule has 20 heavy (non-hydrogen) atoms. The minimum atomic E-state index is -3.37. The van der Waals surface area contributed by atoms with Gasteiger partial charge in [0, 0.05) is 30.9 Å². The molecule has 0 saturated heterocycles. The molecule has 0 heterocycles. The molecule has 1 aromatic carbocycles. The minimum absolute atomic E-state index is 0.129. The number of rotatable bonds is 7. The van der Waals surface area contributed by atoms with Gasteiger partial charge in [-0.1, -0.05) is 0 Å². The van der Waals surface area contributed by atoms with E-state index < -0.39 is 10.0 Å². The Kier molecular flexibility index (Phi) is 4.67. The van der Waals surface area contributed by atoms with Crippen molar-refractivity contribution in [3.05, 3.63) is 24.3 Å². The highest BCUT2D eigenvalue weighted by Gasteiger charge is 2.27. The number of nitrogens with zero attached hydrogens (tertiary/aromatic N) is 1. The maximum atomic E-state index is 12.1. The van der Waals surface area contributed by atoms with Crippen LogP contribution in [0.1, 0.15) is 26.7 Å². The van der Waals surface area contributed by atoms with Gasteiger partial charge in [0.1, 0.15) is 0 Å². The van der Waals surface area contributed by atoms with Crippen molar-refractivity contribution < 1.29 is 8.42 Å². The van der Waals surface area contributed by atoms with Gasteiger partial charge in [0.15, 0.2) is 0 Å². The van der Waals surface area contributed by atoms with Gasteiger partial charge in [-0.15, -0.1) is 0 Å². The zero-order chi connectivity index (χ0) is 14.8. The molecule has 0 bridgehead atoms. The molecular weight excluding hydrogens is 274 g/mol. The number of sulfonamides is 1. The summed E-state index contributed by atoms with van der Waals surface area (Å²) in [6.07, 6.45) is 1.88. The van der Waals surface area contributed by atoms with E-state index in [0.717, 1.165) is 25.1 Å². The zero-order valence-electron chi connectivity index (χ0n) is 12.0. The topological polar surface area (TPSA) is 75.4 Å². The van der Waals surface area contributed by atoms with E-state index >= 15 is 0 Å². The van der Waals surface area contributed by atoms with Crippen molar-refractivity contribution in [2.24, 2.45) is 5.73 Å². The van der Waals surface area contributed by atoms with E-state index in [9.17, 15) is 8.42 Å². The molecule has 2 rings (SSSR count). The molecule has 0 aliphatic heterocycles. The number of anilines is 1. The van der Waals surface area contributed by atoms with Crippen molar-refractivity contribution in [1.29, 1.82) is 0 Å². The summed E-state index contributed by atoms with van der Waals surface area (Å²) in [7, 11) is -3.37. The molecule has 1 aliphatic carbocycles. The fourth-order valence-electron chi connectivity index (χ4n) is 2.13. The minimum Gasteiger partial charge on any atom is -0.368 e. The van der Waals surface area contributed by atoms with E-state index in [1.54, 1.807) is 12.1 Å². The fourth-order valence-corrected chi connectivity index (χ4v) is 3.43. The van der Waals surface area contributed by atoms with Crippen LogP contribution in [0.25, 0.3) is 0 Å². The monoisotopic (exact) mass is 297 g/mol. The summed E-state index contributed by atoms with van der Waals surface area (Å²) >= 11 is 0. The molecule has 0 spiro atoms. The maximum Gasteiger partial charge on any atom is 0.240 e. The van der Waals surface area contributed by atoms with Gasteiger partial charge in [-0.2, -0.15) is 0 Å². The van der Waals surface area contributed by atoms with Gasteiger partial charge in [-0.05, 0) is 51.0 Å². The molecule has 0 radical (unpaired) electrons. The Morgan fingerprint density at radius 1 is 1.30 bits per heavy atom. The first-order valence-corrected chi connectivity index (χ1v) is 8.51. The average Bonchev–Trinajstić information content (AvgIpc) is 3.19. The molecule has 6 heteroatoms. The Morgan fingerprint density at radius 3 is 2.35 bits per heavy atom. The predicted octanol–water partition coefficient (Wildman–Crippen LogP) is 1.30. The quantitative estimate of drug-likeness (QED) is 0.795. The van der Waals surface area contributed by atoms with Crippen LogP contribution < -0.4 is 15.4 Å². The SMILES string of the molecule is CC(C)N(CCN)c1ccc(S(=O)(=O)NC2CC2)cc1. The van der Waals surface area contributed by atoms with Gasteiger partial charge in [-0.25, -0.2) is 13.1 Å². The summed E-state index contributed by atoms with van der Waals surface area (Å²) < 4.78 is 26.8. The maximum absolute atomic E-state index is 12.1. The lowest BCUT2D eigenvalue weighted by atomic mass is 10.2. The summed E-state index contributed by atoms with van der Waals surface area (Å²) in [6.45, 7) is 5.51.